The van der Waals surface area contributed by atoms with E-state index in [1.54, 1.807) is 0 Å². The lowest BCUT2D eigenvalue weighted by Gasteiger charge is -2.38. The van der Waals surface area contributed by atoms with Gasteiger partial charge in [0, 0.05) is 42.1 Å². The molecule has 0 radical (unpaired) electrons. The largest absolute Gasteiger partial charge is 0.387 e. The molecule has 2 heterocycles. The second kappa shape index (κ2) is 6.82. The third-order valence-electron chi connectivity index (χ3n) is 4.61. The van der Waals surface area contributed by atoms with Gasteiger partial charge in [0.1, 0.15) is 0 Å². The van der Waals surface area contributed by atoms with Gasteiger partial charge in [0.15, 0.2) is 0 Å². The summed E-state index contributed by atoms with van der Waals surface area (Å²) in [6.07, 6.45) is 6.30. The van der Waals surface area contributed by atoms with Crippen molar-refractivity contribution in [3.05, 3.63) is 53.6 Å². The van der Waals surface area contributed by atoms with Crippen LogP contribution in [0, 0.1) is 5.92 Å². The van der Waals surface area contributed by atoms with Gasteiger partial charge in [0.2, 0.25) is 0 Å². The molecule has 1 aliphatic heterocycles. The summed E-state index contributed by atoms with van der Waals surface area (Å²) in [6.45, 7) is 4.83. The van der Waals surface area contributed by atoms with Crippen molar-refractivity contribution in [3.8, 4) is 0 Å². The Balaban J connectivity index is 1.67. The van der Waals surface area contributed by atoms with Crippen LogP contribution in [0.3, 0.4) is 0 Å². The van der Waals surface area contributed by atoms with Crippen molar-refractivity contribution in [3.63, 3.8) is 0 Å². The number of benzene rings is 1. The molecule has 1 fully saturated rings. The van der Waals surface area contributed by atoms with Crippen molar-refractivity contribution < 1.29 is 5.11 Å². The number of rotatable bonds is 4. The van der Waals surface area contributed by atoms with Crippen molar-refractivity contribution >= 4 is 11.6 Å². The molecule has 1 aromatic heterocycles. The monoisotopic (exact) mass is 319 g/mol. The smallest absolute Gasteiger partial charge is 0.0949 e. The molecule has 118 valence electrons. The van der Waals surface area contributed by atoms with E-state index in [1.165, 1.54) is 0 Å². The van der Waals surface area contributed by atoms with E-state index in [0.717, 1.165) is 25.1 Å². The number of halogens is 1. The number of aliphatic hydroxyl groups excluding tert-OH is 1. The van der Waals surface area contributed by atoms with Crippen LogP contribution in [0.4, 0.5) is 0 Å². The first-order valence-corrected chi connectivity index (χ1v) is 8.15. The minimum atomic E-state index is -0.550. The Bertz CT molecular complexity index is 602. The molecule has 0 bridgehead atoms. The predicted molar refractivity (Wildman–Crippen MR) is 87.9 cm³/mol. The highest BCUT2D eigenvalue weighted by Gasteiger charge is 2.28. The van der Waals surface area contributed by atoms with Gasteiger partial charge >= 0.3 is 0 Å². The number of hydrogen-bond donors (Lipinski definition) is 1. The molecule has 0 amide bonds. The number of hydrogen-bond acceptors (Lipinski definition) is 3. The van der Waals surface area contributed by atoms with Crippen molar-refractivity contribution in [1.82, 2.24) is 14.5 Å². The first-order chi connectivity index (χ1) is 10.6. The predicted octanol–water partition coefficient (Wildman–Crippen LogP) is 3.15. The van der Waals surface area contributed by atoms with Crippen molar-refractivity contribution in [2.75, 3.05) is 19.6 Å². The zero-order valence-corrected chi connectivity index (χ0v) is 13.5. The normalized spacial score (nSPS) is 24.3. The Kier molecular flexibility index (Phi) is 4.81. The highest BCUT2D eigenvalue weighted by atomic mass is 35.5. The molecule has 3 atom stereocenters. The number of nitrogens with zero attached hydrogens (tertiary/aromatic N) is 3. The van der Waals surface area contributed by atoms with E-state index < -0.39 is 6.10 Å². The second-order valence-electron chi connectivity index (χ2n) is 6.14. The van der Waals surface area contributed by atoms with Gasteiger partial charge in [-0.05, 0) is 24.9 Å². The topological polar surface area (TPSA) is 41.3 Å². The first-order valence-electron chi connectivity index (χ1n) is 7.77. The van der Waals surface area contributed by atoms with Crippen LogP contribution in [-0.4, -0.2) is 39.2 Å². The third-order valence-corrected chi connectivity index (χ3v) is 4.95. The molecular weight excluding hydrogens is 298 g/mol. The van der Waals surface area contributed by atoms with Gasteiger partial charge < -0.3 is 9.67 Å². The van der Waals surface area contributed by atoms with Gasteiger partial charge in [-0.2, -0.15) is 0 Å². The molecule has 4 nitrogen and oxygen atoms in total. The van der Waals surface area contributed by atoms with E-state index >= 15 is 0 Å². The lowest BCUT2D eigenvalue weighted by molar-refractivity contribution is 0.0686. The van der Waals surface area contributed by atoms with Crippen molar-refractivity contribution in [2.24, 2.45) is 5.92 Å². The average Bonchev–Trinajstić information content (AvgIpc) is 3.03. The number of likely N-dealkylation sites (tertiary alicyclic amines) is 1. The van der Waals surface area contributed by atoms with Crippen molar-refractivity contribution in [1.29, 1.82) is 0 Å². The van der Waals surface area contributed by atoms with Gasteiger partial charge in [0.05, 0.1) is 12.4 Å². The summed E-state index contributed by atoms with van der Waals surface area (Å²) in [4.78, 5) is 6.47. The summed E-state index contributed by atoms with van der Waals surface area (Å²) >= 11 is 6.18. The van der Waals surface area contributed by atoms with Gasteiger partial charge in [-0.3, -0.25) is 4.90 Å². The summed E-state index contributed by atoms with van der Waals surface area (Å²) < 4.78 is 2.18. The van der Waals surface area contributed by atoms with Crippen LogP contribution in [0.25, 0.3) is 0 Å². The molecule has 1 saturated heterocycles. The molecule has 3 rings (SSSR count). The molecule has 1 N–H and O–H groups in total. The summed E-state index contributed by atoms with van der Waals surface area (Å²) in [7, 11) is 0. The Hall–Kier alpha value is -1.36. The standard InChI is InChI=1S/C17H22ClN3O/c1-13-6-8-20(10-16(13)21-9-7-19-12-21)11-17(22)14-4-2-3-5-15(14)18/h2-5,7,9,12-13,16-17,22H,6,8,10-11H2,1H3/t13-,16+,17-/m0/s1. The number of β-amino-alcohol motifs (C(OH)–C–C–N with tert-alkyl or cyclic N) is 1. The van der Waals surface area contributed by atoms with Gasteiger partial charge in [0.25, 0.3) is 0 Å². The zero-order valence-electron chi connectivity index (χ0n) is 12.8. The zero-order chi connectivity index (χ0) is 15.5. The molecule has 22 heavy (non-hydrogen) atoms. The Labute approximate surface area is 136 Å². The third kappa shape index (κ3) is 3.35. The van der Waals surface area contributed by atoms with Gasteiger partial charge in [-0.1, -0.05) is 36.7 Å². The van der Waals surface area contributed by atoms with Crippen LogP contribution in [-0.2, 0) is 0 Å². The summed E-state index contributed by atoms with van der Waals surface area (Å²) in [5, 5.41) is 11.1. The van der Waals surface area contributed by atoms with Crippen LogP contribution in [0.5, 0.6) is 0 Å². The van der Waals surface area contributed by atoms with Crippen LogP contribution in [0.15, 0.2) is 43.0 Å². The van der Waals surface area contributed by atoms with E-state index in [2.05, 4.69) is 21.4 Å². The summed E-state index contributed by atoms with van der Waals surface area (Å²) in [5.41, 5.74) is 0.807. The van der Waals surface area contributed by atoms with Gasteiger partial charge in [-0.25, -0.2) is 4.98 Å². The molecule has 0 spiro atoms. The van der Waals surface area contributed by atoms with E-state index in [-0.39, 0.29) is 0 Å². The minimum Gasteiger partial charge on any atom is -0.387 e. The molecular formula is C17H22ClN3O. The fourth-order valence-corrected chi connectivity index (χ4v) is 3.48. The van der Waals surface area contributed by atoms with E-state index in [0.29, 0.717) is 23.5 Å². The minimum absolute atomic E-state index is 0.412. The lowest BCUT2D eigenvalue weighted by Crippen LogP contribution is -2.42. The molecule has 5 heteroatoms. The Morgan fingerprint density at radius 2 is 2.23 bits per heavy atom. The maximum Gasteiger partial charge on any atom is 0.0949 e. The first kappa shape index (κ1) is 15.5. The number of imidazole rings is 1. The molecule has 0 unspecified atom stereocenters. The molecule has 0 aliphatic carbocycles. The molecule has 1 aliphatic rings. The number of aromatic nitrogens is 2. The van der Waals surface area contributed by atoms with Crippen LogP contribution < -0.4 is 0 Å². The maximum absolute atomic E-state index is 10.5. The highest BCUT2D eigenvalue weighted by molar-refractivity contribution is 6.31. The van der Waals surface area contributed by atoms with Crippen LogP contribution in [0.1, 0.15) is 31.1 Å². The number of aliphatic hydroxyl groups is 1. The summed E-state index contributed by atoms with van der Waals surface area (Å²) in [5.74, 6) is 0.614. The second-order valence-corrected chi connectivity index (χ2v) is 6.55. The Morgan fingerprint density at radius 3 is 2.95 bits per heavy atom. The van der Waals surface area contributed by atoms with Gasteiger partial charge in [-0.15, -0.1) is 0 Å². The molecule has 0 saturated carbocycles. The lowest BCUT2D eigenvalue weighted by atomic mass is 9.93. The highest BCUT2D eigenvalue weighted by Crippen LogP contribution is 2.29. The summed E-state index contributed by atoms with van der Waals surface area (Å²) in [6, 6.07) is 7.93. The fourth-order valence-electron chi connectivity index (χ4n) is 3.22. The van der Waals surface area contributed by atoms with E-state index in [1.807, 2.05) is 43.0 Å². The molecule has 2 aromatic rings. The SMILES string of the molecule is C[C@H]1CCN(C[C@H](O)c2ccccc2Cl)C[C@H]1n1ccnc1. The molecule has 1 aromatic carbocycles. The fraction of sp³-hybridized carbons (Fsp3) is 0.471. The van der Waals surface area contributed by atoms with E-state index in [9.17, 15) is 5.11 Å². The Morgan fingerprint density at radius 1 is 1.41 bits per heavy atom. The maximum atomic E-state index is 10.5. The quantitative estimate of drug-likeness (QED) is 0.941. The van der Waals surface area contributed by atoms with E-state index in [4.69, 9.17) is 11.6 Å². The van der Waals surface area contributed by atoms with Crippen molar-refractivity contribution in [2.45, 2.75) is 25.5 Å². The number of piperidine rings is 1. The van der Waals surface area contributed by atoms with Crippen LogP contribution >= 0.6 is 11.6 Å². The van der Waals surface area contributed by atoms with Crippen LogP contribution in [0.2, 0.25) is 5.02 Å². The average molecular weight is 320 g/mol.